The van der Waals surface area contributed by atoms with Crippen LogP contribution in [-0.4, -0.2) is 58.8 Å². The third-order valence-electron chi connectivity index (χ3n) is 3.47. The van der Waals surface area contributed by atoms with Gasteiger partial charge in [-0.25, -0.2) is 4.68 Å². The van der Waals surface area contributed by atoms with Crippen molar-refractivity contribution >= 4 is 23.4 Å². The fraction of sp³-hybridized carbons (Fsp3) is 0.615. The van der Waals surface area contributed by atoms with Gasteiger partial charge in [0.15, 0.2) is 0 Å². The Kier molecular flexibility index (Phi) is 5.05. The van der Waals surface area contributed by atoms with Crippen LogP contribution in [0.5, 0.6) is 0 Å². The minimum absolute atomic E-state index is 0.110. The number of anilines is 1. The standard InChI is InChI=1S/C13H20N4O2S/c1-15-13(19)9-11(10-14-15)16-4-6-17(7-5-16)12(18)3-8-20-2/h9-10H,3-8H2,1-2H3. The molecule has 2 heterocycles. The molecule has 1 aromatic rings. The zero-order valence-corrected chi connectivity index (χ0v) is 12.7. The van der Waals surface area contributed by atoms with Crippen LogP contribution in [0.4, 0.5) is 5.69 Å². The molecule has 1 aliphatic heterocycles. The molecule has 20 heavy (non-hydrogen) atoms. The first-order valence-electron chi connectivity index (χ1n) is 6.67. The van der Waals surface area contributed by atoms with E-state index in [0.717, 1.165) is 24.5 Å². The van der Waals surface area contributed by atoms with Crippen LogP contribution in [0.3, 0.4) is 0 Å². The van der Waals surface area contributed by atoms with Gasteiger partial charge >= 0.3 is 0 Å². The first-order valence-corrected chi connectivity index (χ1v) is 8.06. The molecule has 1 amide bonds. The molecule has 1 saturated heterocycles. The van der Waals surface area contributed by atoms with Gasteiger partial charge in [0.05, 0.1) is 11.9 Å². The van der Waals surface area contributed by atoms with Gasteiger partial charge in [-0.2, -0.15) is 16.9 Å². The average Bonchev–Trinajstić information content (AvgIpc) is 2.48. The number of hydrogen-bond donors (Lipinski definition) is 0. The van der Waals surface area contributed by atoms with Gasteiger partial charge in [-0.1, -0.05) is 0 Å². The van der Waals surface area contributed by atoms with Gasteiger partial charge in [0.2, 0.25) is 5.91 Å². The lowest BCUT2D eigenvalue weighted by atomic mass is 10.2. The van der Waals surface area contributed by atoms with Crippen LogP contribution in [0.2, 0.25) is 0 Å². The van der Waals surface area contributed by atoms with Crippen molar-refractivity contribution in [1.29, 1.82) is 0 Å². The van der Waals surface area contributed by atoms with E-state index < -0.39 is 0 Å². The predicted molar refractivity (Wildman–Crippen MR) is 81.3 cm³/mol. The van der Waals surface area contributed by atoms with Gasteiger partial charge in [-0.3, -0.25) is 9.59 Å². The van der Waals surface area contributed by atoms with E-state index in [1.807, 2.05) is 11.2 Å². The van der Waals surface area contributed by atoms with Crippen LogP contribution in [0, 0.1) is 0 Å². The number of aromatic nitrogens is 2. The summed E-state index contributed by atoms with van der Waals surface area (Å²) in [5, 5.41) is 4.03. The number of piperazine rings is 1. The molecule has 0 aliphatic carbocycles. The summed E-state index contributed by atoms with van der Waals surface area (Å²) in [6.07, 6.45) is 4.31. The van der Waals surface area contributed by atoms with Gasteiger partial charge in [-0.05, 0) is 6.26 Å². The monoisotopic (exact) mass is 296 g/mol. The van der Waals surface area contributed by atoms with E-state index >= 15 is 0 Å². The predicted octanol–water partition coefficient (Wildman–Crippen LogP) is 0.182. The fourth-order valence-electron chi connectivity index (χ4n) is 2.19. The molecule has 110 valence electrons. The Balaban J connectivity index is 1.92. The molecule has 0 unspecified atom stereocenters. The SMILES string of the molecule is CSCCC(=O)N1CCN(c2cnn(C)c(=O)c2)CC1. The molecule has 0 saturated carbocycles. The molecule has 1 aromatic heterocycles. The average molecular weight is 296 g/mol. The van der Waals surface area contributed by atoms with E-state index in [1.54, 1.807) is 31.1 Å². The second-order valence-corrected chi connectivity index (χ2v) is 5.77. The van der Waals surface area contributed by atoms with E-state index in [9.17, 15) is 9.59 Å². The highest BCUT2D eigenvalue weighted by Gasteiger charge is 2.21. The number of carbonyl (C=O) groups excluding carboxylic acids is 1. The molecule has 2 rings (SSSR count). The Morgan fingerprint density at radius 2 is 2.05 bits per heavy atom. The van der Waals surface area contributed by atoms with Crippen LogP contribution < -0.4 is 10.5 Å². The summed E-state index contributed by atoms with van der Waals surface area (Å²) in [6, 6.07) is 1.60. The van der Waals surface area contributed by atoms with E-state index in [-0.39, 0.29) is 11.5 Å². The Morgan fingerprint density at radius 1 is 1.35 bits per heavy atom. The molecule has 1 fully saturated rings. The van der Waals surface area contributed by atoms with E-state index in [4.69, 9.17) is 0 Å². The van der Waals surface area contributed by atoms with Crippen LogP contribution >= 0.6 is 11.8 Å². The highest BCUT2D eigenvalue weighted by molar-refractivity contribution is 7.98. The maximum atomic E-state index is 11.9. The molecule has 0 radical (unpaired) electrons. The molecule has 7 heteroatoms. The Hall–Kier alpha value is -1.50. The lowest BCUT2D eigenvalue weighted by molar-refractivity contribution is -0.131. The highest BCUT2D eigenvalue weighted by Crippen LogP contribution is 2.13. The van der Waals surface area contributed by atoms with Gasteiger partial charge < -0.3 is 9.80 Å². The first kappa shape index (κ1) is 14.9. The Bertz CT molecular complexity index is 523. The lowest BCUT2D eigenvalue weighted by Gasteiger charge is -2.35. The minimum atomic E-state index is -0.110. The topological polar surface area (TPSA) is 58.4 Å². The number of hydrogen-bond acceptors (Lipinski definition) is 5. The van der Waals surface area contributed by atoms with Crippen molar-refractivity contribution in [2.45, 2.75) is 6.42 Å². The number of nitrogens with zero attached hydrogens (tertiary/aromatic N) is 4. The third kappa shape index (κ3) is 3.53. The van der Waals surface area contributed by atoms with Gasteiger partial charge in [0.1, 0.15) is 0 Å². The van der Waals surface area contributed by atoms with E-state index in [1.165, 1.54) is 4.68 Å². The van der Waals surface area contributed by atoms with Crippen LogP contribution in [0.15, 0.2) is 17.1 Å². The summed E-state index contributed by atoms with van der Waals surface area (Å²) in [7, 11) is 1.63. The van der Waals surface area contributed by atoms with Crippen LogP contribution in [0.25, 0.3) is 0 Å². The minimum Gasteiger partial charge on any atom is -0.367 e. The summed E-state index contributed by atoms with van der Waals surface area (Å²) in [5.41, 5.74) is 0.727. The van der Waals surface area contributed by atoms with Gasteiger partial charge in [0.25, 0.3) is 5.56 Å². The molecule has 0 bridgehead atoms. The second kappa shape index (κ2) is 6.78. The maximum Gasteiger partial charge on any atom is 0.268 e. The van der Waals surface area contributed by atoms with Crippen LogP contribution in [-0.2, 0) is 11.8 Å². The molecule has 6 nitrogen and oxygen atoms in total. The largest absolute Gasteiger partial charge is 0.367 e. The summed E-state index contributed by atoms with van der Waals surface area (Å²) in [6.45, 7) is 2.92. The molecular weight excluding hydrogens is 276 g/mol. The van der Waals surface area contributed by atoms with Crippen molar-refractivity contribution in [2.24, 2.45) is 7.05 Å². The maximum absolute atomic E-state index is 11.9. The van der Waals surface area contributed by atoms with Gasteiger partial charge in [-0.15, -0.1) is 0 Å². The Morgan fingerprint density at radius 3 is 2.65 bits per heavy atom. The van der Waals surface area contributed by atoms with E-state index in [0.29, 0.717) is 19.5 Å². The number of rotatable bonds is 4. The smallest absolute Gasteiger partial charge is 0.268 e. The number of carbonyl (C=O) groups is 1. The lowest BCUT2D eigenvalue weighted by Crippen LogP contribution is -2.49. The normalized spacial score (nSPS) is 15.5. The molecular formula is C13H20N4O2S. The Labute approximate surface area is 122 Å². The zero-order chi connectivity index (χ0) is 14.5. The number of amides is 1. The molecule has 1 aliphatic rings. The molecule has 0 aromatic carbocycles. The third-order valence-corrected chi connectivity index (χ3v) is 4.08. The summed E-state index contributed by atoms with van der Waals surface area (Å²) in [5.74, 6) is 1.10. The highest BCUT2D eigenvalue weighted by atomic mass is 32.2. The molecule has 0 atom stereocenters. The van der Waals surface area contributed by atoms with Crippen molar-refractivity contribution < 1.29 is 4.79 Å². The van der Waals surface area contributed by atoms with Crippen molar-refractivity contribution in [3.8, 4) is 0 Å². The zero-order valence-electron chi connectivity index (χ0n) is 11.9. The van der Waals surface area contributed by atoms with E-state index in [2.05, 4.69) is 10.00 Å². The molecule has 0 N–H and O–H groups in total. The number of thioether (sulfide) groups is 1. The number of aryl methyl sites for hydroxylation is 1. The summed E-state index contributed by atoms with van der Waals surface area (Å²) < 4.78 is 1.31. The van der Waals surface area contributed by atoms with Crippen molar-refractivity contribution in [3.63, 3.8) is 0 Å². The quantitative estimate of drug-likeness (QED) is 0.793. The first-order chi connectivity index (χ1) is 9.61. The molecule has 0 spiro atoms. The van der Waals surface area contributed by atoms with Crippen molar-refractivity contribution in [2.75, 3.05) is 43.1 Å². The van der Waals surface area contributed by atoms with Crippen LogP contribution in [0.1, 0.15) is 6.42 Å². The van der Waals surface area contributed by atoms with Gasteiger partial charge in [0, 0.05) is 51.5 Å². The summed E-state index contributed by atoms with van der Waals surface area (Å²) in [4.78, 5) is 27.5. The summed E-state index contributed by atoms with van der Waals surface area (Å²) >= 11 is 1.69. The second-order valence-electron chi connectivity index (χ2n) is 4.79. The van der Waals surface area contributed by atoms with Crippen molar-refractivity contribution in [1.82, 2.24) is 14.7 Å². The fourth-order valence-corrected chi connectivity index (χ4v) is 2.57. The van der Waals surface area contributed by atoms with Crippen molar-refractivity contribution in [3.05, 3.63) is 22.6 Å².